The number of aromatic nitrogens is 1. The first kappa shape index (κ1) is 13.6. The van der Waals surface area contributed by atoms with E-state index in [9.17, 15) is 4.79 Å². The molecule has 2 rings (SSSR count). The lowest BCUT2D eigenvalue weighted by Gasteiger charge is -2.10. The van der Waals surface area contributed by atoms with Crippen molar-refractivity contribution in [1.29, 1.82) is 0 Å². The zero-order chi connectivity index (χ0) is 14.0. The predicted octanol–water partition coefficient (Wildman–Crippen LogP) is 1.78. The lowest BCUT2D eigenvalue weighted by Crippen LogP contribution is -2.33. The van der Waals surface area contributed by atoms with Crippen LogP contribution in [0.3, 0.4) is 0 Å². The summed E-state index contributed by atoms with van der Waals surface area (Å²) in [4.78, 5) is 11.5. The molecular formula is C15H20N2O2. The van der Waals surface area contributed by atoms with E-state index in [1.807, 2.05) is 19.2 Å². The van der Waals surface area contributed by atoms with E-state index in [2.05, 4.69) is 23.6 Å². The molecule has 2 aromatic rings. The van der Waals surface area contributed by atoms with Crippen molar-refractivity contribution >= 4 is 16.9 Å². The highest BCUT2D eigenvalue weighted by atomic mass is 16.5. The molecule has 102 valence electrons. The van der Waals surface area contributed by atoms with Crippen LogP contribution in [-0.2, 0) is 29.4 Å². The molecule has 0 aliphatic rings. The van der Waals surface area contributed by atoms with Crippen molar-refractivity contribution in [3.63, 3.8) is 0 Å². The highest BCUT2D eigenvalue weighted by Gasteiger charge is 2.20. The maximum absolute atomic E-state index is 11.5. The molecule has 0 spiro atoms. The lowest BCUT2D eigenvalue weighted by atomic mass is 10.0. The zero-order valence-corrected chi connectivity index (χ0v) is 11.6. The van der Waals surface area contributed by atoms with Gasteiger partial charge in [-0.05, 0) is 18.1 Å². The molecule has 4 nitrogen and oxygen atoms in total. The van der Waals surface area contributed by atoms with Gasteiger partial charge in [-0.25, -0.2) is 0 Å². The number of para-hydroxylation sites is 1. The normalized spacial score (nSPS) is 12.6. The van der Waals surface area contributed by atoms with Crippen molar-refractivity contribution in [1.82, 2.24) is 4.57 Å². The molecule has 0 radical (unpaired) electrons. The first-order valence-electron chi connectivity index (χ1n) is 6.48. The van der Waals surface area contributed by atoms with Crippen LogP contribution in [0.5, 0.6) is 0 Å². The molecule has 0 bridgehead atoms. The molecule has 0 fully saturated rings. The number of aryl methyl sites for hydroxylation is 1. The molecule has 0 aliphatic carbocycles. The van der Waals surface area contributed by atoms with E-state index < -0.39 is 6.04 Å². The molecule has 0 saturated carbocycles. The van der Waals surface area contributed by atoms with Crippen LogP contribution in [0.1, 0.15) is 18.2 Å². The fourth-order valence-corrected chi connectivity index (χ4v) is 2.66. The highest BCUT2D eigenvalue weighted by Crippen LogP contribution is 2.26. The number of ether oxygens (including phenoxy) is 1. The summed E-state index contributed by atoms with van der Waals surface area (Å²) >= 11 is 0. The van der Waals surface area contributed by atoms with Crippen LogP contribution >= 0.6 is 0 Å². The average molecular weight is 260 g/mol. The van der Waals surface area contributed by atoms with Crippen LogP contribution in [0.15, 0.2) is 24.3 Å². The Kier molecular flexibility index (Phi) is 3.90. The summed E-state index contributed by atoms with van der Waals surface area (Å²) in [5.41, 5.74) is 9.45. The third-order valence-corrected chi connectivity index (χ3v) is 3.61. The first-order valence-corrected chi connectivity index (χ1v) is 6.48. The number of esters is 1. The van der Waals surface area contributed by atoms with Gasteiger partial charge in [0.05, 0.1) is 7.11 Å². The second-order valence-electron chi connectivity index (χ2n) is 4.69. The summed E-state index contributed by atoms with van der Waals surface area (Å²) in [6.07, 6.45) is 1.42. The minimum Gasteiger partial charge on any atom is -0.468 e. The van der Waals surface area contributed by atoms with Crippen molar-refractivity contribution in [2.24, 2.45) is 12.8 Å². The van der Waals surface area contributed by atoms with Crippen LogP contribution in [0.25, 0.3) is 10.9 Å². The summed E-state index contributed by atoms with van der Waals surface area (Å²) in [6, 6.07) is 7.58. The Morgan fingerprint density at radius 2 is 2.11 bits per heavy atom. The molecule has 1 aromatic heterocycles. The molecule has 1 heterocycles. The van der Waals surface area contributed by atoms with Gasteiger partial charge in [0.25, 0.3) is 0 Å². The number of nitrogens with zero attached hydrogens (tertiary/aromatic N) is 1. The van der Waals surface area contributed by atoms with E-state index in [1.54, 1.807) is 0 Å². The zero-order valence-electron chi connectivity index (χ0n) is 11.6. The van der Waals surface area contributed by atoms with Gasteiger partial charge in [0.2, 0.25) is 0 Å². The van der Waals surface area contributed by atoms with Crippen LogP contribution < -0.4 is 5.73 Å². The van der Waals surface area contributed by atoms with Gasteiger partial charge in [0.1, 0.15) is 6.04 Å². The van der Waals surface area contributed by atoms with Gasteiger partial charge in [-0.3, -0.25) is 4.79 Å². The summed E-state index contributed by atoms with van der Waals surface area (Å²) < 4.78 is 6.88. The van der Waals surface area contributed by atoms with Crippen molar-refractivity contribution < 1.29 is 9.53 Å². The first-order chi connectivity index (χ1) is 9.10. The third kappa shape index (κ3) is 2.36. The number of hydrogen-bond donors (Lipinski definition) is 1. The lowest BCUT2D eigenvalue weighted by molar-refractivity contribution is -0.142. The highest BCUT2D eigenvalue weighted by molar-refractivity contribution is 5.86. The van der Waals surface area contributed by atoms with E-state index >= 15 is 0 Å². The number of methoxy groups -OCH3 is 1. The van der Waals surface area contributed by atoms with Crippen LogP contribution in [-0.4, -0.2) is 23.7 Å². The van der Waals surface area contributed by atoms with Gasteiger partial charge in [0, 0.05) is 30.1 Å². The number of carbonyl (C=O) groups is 1. The number of rotatable bonds is 4. The molecule has 1 atom stereocenters. The minimum absolute atomic E-state index is 0.366. The van der Waals surface area contributed by atoms with E-state index in [0.717, 1.165) is 12.0 Å². The Labute approximate surface area is 113 Å². The summed E-state index contributed by atoms with van der Waals surface area (Å²) in [5, 5.41) is 1.17. The maximum Gasteiger partial charge on any atom is 0.322 e. The van der Waals surface area contributed by atoms with Crippen LogP contribution in [0.2, 0.25) is 0 Å². The van der Waals surface area contributed by atoms with Gasteiger partial charge < -0.3 is 15.0 Å². The smallest absolute Gasteiger partial charge is 0.322 e. The Morgan fingerprint density at radius 1 is 1.42 bits per heavy atom. The minimum atomic E-state index is -0.610. The monoisotopic (exact) mass is 260 g/mol. The molecule has 0 aliphatic heterocycles. The second kappa shape index (κ2) is 5.45. The van der Waals surface area contributed by atoms with Crippen molar-refractivity contribution in [3.05, 3.63) is 35.5 Å². The molecule has 4 heteroatoms. The van der Waals surface area contributed by atoms with Gasteiger partial charge in [-0.2, -0.15) is 0 Å². The largest absolute Gasteiger partial charge is 0.468 e. The molecule has 19 heavy (non-hydrogen) atoms. The maximum atomic E-state index is 11.5. The summed E-state index contributed by atoms with van der Waals surface area (Å²) in [6.45, 7) is 2.11. The topological polar surface area (TPSA) is 57.3 Å². The number of hydrogen-bond acceptors (Lipinski definition) is 3. The quantitative estimate of drug-likeness (QED) is 0.853. The summed E-state index contributed by atoms with van der Waals surface area (Å²) in [7, 11) is 3.42. The molecule has 1 unspecified atom stereocenters. The van der Waals surface area contributed by atoms with Crippen LogP contribution in [0.4, 0.5) is 0 Å². The van der Waals surface area contributed by atoms with Gasteiger partial charge in [-0.1, -0.05) is 25.1 Å². The van der Waals surface area contributed by atoms with Gasteiger partial charge >= 0.3 is 5.97 Å². The molecular weight excluding hydrogens is 240 g/mol. The fraction of sp³-hybridized carbons (Fsp3) is 0.400. The molecule has 2 N–H and O–H groups in total. The Bertz CT molecular complexity index is 601. The Hall–Kier alpha value is -1.81. The van der Waals surface area contributed by atoms with Crippen molar-refractivity contribution in [2.75, 3.05) is 7.11 Å². The van der Waals surface area contributed by atoms with E-state index in [0.29, 0.717) is 6.42 Å². The fourth-order valence-electron chi connectivity index (χ4n) is 2.66. The summed E-state index contributed by atoms with van der Waals surface area (Å²) in [5.74, 6) is -0.366. The second-order valence-corrected chi connectivity index (χ2v) is 4.69. The van der Waals surface area contributed by atoms with Crippen LogP contribution in [0, 0.1) is 0 Å². The van der Waals surface area contributed by atoms with Gasteiger partial charge in [0.15, 0.2) is 0 Å². The standard InChI is InChI=1S/C15H20N2O2/c1-4-13-11(9-12(16)15(18)19-3)10-7-5-6-8-14(10)17(13)2/h5-8,12H,4,9,16H2,1-3H3. The van der Waals surface area contributed by atoms with E-state index in [1.165, 1.54) is 23.7 Å². The molecule has 0 amide bonds. The number of nitrogens with two attached hydrogens (primary N) is 1. The Morgan fingerprint density at radius 3 is 2.74 bits per heavy atom. The number of fused-ring (bicyclic) bond motifs is 1. The number of carbonyl (C=O) groups excluding carboxylic acids is 1. The van der Waals surface area contributed by atoms with Gasteiger partial charge in [-0.15, -0.1) is 0 Å². The third-order valence-electron chi connectivity index (χ3n) is 3.61. The molecule has 1 aromatic carbocycles. The van der Waals surface area contributed by atoms with Crippen molar-refractivity contribution in [2.45, 2.75) is 25.8 Å². The molecule has 0 saturated heterocycles. The number of benzene rings is 1. The van der Waals surface area contributed by atoms with E-state index in [-0.39, 0.29) is 5.97 Å². The van der Waals surface area contributed by atoms with Crippen molar-refractivity contribution in [3.8, 4) is 0 Å². The predicted molar refractivity (Wildman–Crippen MR) is 76.0 cm³/mol. The van der Waals surface area contributed by atoms with E-state index in [4.69, 9.17) is 10.5 Å². The SMILES string of the molecule is CCc1c(CC(N)C(=O)OC)c2ccccc2n1C. The average Bonchev–Trinajstić information content (AvgIpc) is 2.71. The Balaban J connectivity index is 2.49.